The highest BCUT2D eigenvalue weighted by Crippen LogP contribution is 2.26. The first-order valence-corrected chi connectivity index (χ1v) is 6.91. The monoisotopic (exact) mass is 379 g/mol. The van der Waals surface area contributed by atoms with Gasteiger partial charge in [-0.05, 0) is 25.7 Å². The van der Waals surface area contributed by atoms with Gasteiger partial charge in [-0.3, -0.25) is 4.99 Å². The quantitative estimate of drug-likeness (QED) is 0.295. The number of aliphatic hydroxyl groups is 1. The molecule has 1 fully saturated rings. The first kappa shape index (κ1) is 18.5. The predicted octanol–water partition coefficient (Wildman–Crippen LogP) is 1.73. The van der Waals surface area contributed by atoms with Crippen molar-refractivity contribution >= 4 is 29.9 Å². The molecule has 0 aromatic heterocycles. The van der Waals surface area contributed by atoms with Crippen molar-refractivity contribution in [3.8, 4) is 12.3 Å². The van der Waals surface area contributed by atoms with E-state index in [1.807, 2.05) is 6.92 Å². The van der Waals surface area contributed by atoms with Crippen LogP contribution in [0.3, 0.4) is 0 Å². The molecule has 19 heavy (non-hydrogen) atoms. The highest BCUT2D eigenvalue weighted by atomic mass is 127. The predicted molar refractivity (Wildman–Crippen MR) is 90.8 cm³/mol. The van der Waals surface area contributed by atoms with E-state index in [-0.39, 0.29) is 30.1 Å². The average molecular weight is 379 g/mol. The molecule has 0 aromatic rings. The molecule has 0 spiro atoms. The lowest BCUT2D eigenvalue weighted by molar-refractivity contribution is 0.0923. The Morgan fingerprint density at radius 2 is 2.05 bits per heavy atom. The van der Waals surface area contributed by atoms with Crippen LogP contribution in [0.25, 0.3) is 0 Å². The molecule has 0 aliphatic heterocycles. The summed E-state index contributed by atoms with van der Waals surface area (Å²) in [5.74, 6) is 3.61. The third-order valence-electron chi connectivity index (χ3n) is 3.33. The molecule has 0 amide bonds. The minimum absolute atomic E-state index is 0. The highest BCUT2D eigenvalue weighted by Gasteiger charge is 2.21. The summed E-state index contributed by atoms with van der Waals surface area (Å²) in [6, 6.07) is 0. The molecule has 0 aromatic carbocycles. The van der Waals surface area contributed by atoms with Gasteiger partial charge in [-0.25, -0.2) is 0 Å². The fourth-order valence-electron chi connectivity index (χ4n) is 2.33. The molecule has 1 rings (SSSR count). The Morgan fingerprint density at radius 3 is 2.63 bits per heavy atom. The topological polar surface area (TPSA) is 56.7 Å². The molecule has 1 aliphatic carbocycles. The lowest BCUT2D eigenvalue weighted by Gasteiger charge is -2.25. The van der Waals surface area contributed by atoms with E-state index in [1.165, 1.54) is 19.3 Å². The lowest BCUT2D eigenvalue weighted by Crippen LogP contribution is -2.38. The standard InChI is InChI=1S/C14H25N3O.HI/c1-3-10-16-14(15-4-2)17-11-13(18)12-8-6-5-7-9-12;/h1,12-13,18H,4-11H2,2H3,(H2,15,16,17);1H. The van der Waals surface area contributed by atoms with E-state index < -0.39 is 0 Å². The minimum Gasteiger partial charge on any atom is -0.391 e. The van der Waals surface area contributed by atoms with Crippen LogP contribution in [0.5, 0.6) is 0 Å². The van der Waals surface area contributed by atoms with Crippen molar-refractivity contribution < 1.29 is 5.11 Å². The summed E-state index contributed by atoms with van der Waals surface area (Å²) in [4.78, 5) is 4.37. The van der Waals surface area contributed by atoms with Crippen LogP contribution in [-0.4, -0.2) is 36.8 Å². The molecular formula is C14H26IN3O. The summed E-state index contributed by atoms with van der Waals surface area (Å²) in [6.45, 7) is 3.69. The van der Waals surface area contributed by atoms with E-state index in [4.69, 9.17) is 6.42 Å². The smallest absolute Gasteiger partial charge is 0.192 e. The summed E-state index contributed by atoms with van der Waals surface area (Å²) in [5, 5.41) is 16.2. The lowest BCUT2D eigenvalue weighted by atomic mass is 9.85. The second-order valence-electron chi connectivity index (χ2n) is 4.74. The van der Waals surface area contributed by atoms with Gasteiger partial charge in [-0.2, -0.15) is 0 Å². The fourth-order valence-corrected chi connectivity index (χ4v) is 2.33. The summed E-state index contributed by atoms with van der Waals surface area (Å²) in [5.41, 5.74) is 0. The SMILES string of the molecule is C#CCNC(=NCC(O)C1CCCCC1)NCC.I. The molecule has 0 saturated heterocycles. The van der Waals surface area contributed by atoms with Gasteiger partial charge in [0.15, 0.2) is 5.96 Å². The van der Waals surface area contributed by atoms with Crippen molar-refractivity contribution in [2.24, 2.45) is 10.9 Å². The van der Waals surface area contributed by atoms with Crippen molar-refractivity contribution in [1.29, 1.82) is 0 Å². The van der Waals surface area contributed by atoms with Crippen molar-refractivity contribution in [1.82, 2.24) is 10.6 Å². The number of nitrogens with zero attached hydrogens (tertiary/aromatic N) is 1. The summed E-state index contributed by atoms with van der Waals surface area (Å²) in [7, 11) is 0. The van der Waals surface area contributed by atoms with Crippen LogP contribution >= 0.6 is 24.0 Å². The second-order valence-corrected chi connectivity index (χ2v) is 4.74. The van der Waals surface area contributed by atoms with Crippen LogP contribution < -0.4 is 10.6 Å². The van der Waals surface area contributed by atoms with E-state index in [2.05, 4.69) is 21.5 Å². The maximum absolute atomic E-state index is 10.1. The third-order valence-corrected chi connectivity index (χ3v) is 3.33. The van der Waals surface area contributed by atoms with Gasteiger partial charge in [0.2, 0.25) is 0 Å². The zero-order valence-corrected chi connectivity index (χ0v) is 14.0. The molecule has 0 bridgehead atoms. The van der Waals surface area contributed by atoms with Gasteiger partial charge < -0.3 is 15.7 Å². The van der Waals surface area contributed by atoms with Gasteiger partial charge in [-0.1, -0.05) is 25.2 Å². The first-order chi connectivity index (χ1) is 8.77. The number of hydrogen-bond donors (Lipinski definition) is 3. The van der Waals surface area contributed by atoms with E-state index in [1.54, 1.807) is 0 Å². The van der Waals surface area contributed by atoms with Gasteiger partial charge in [0, 0.05) is 6.54 Å². The maximum atomic E-state index is 10.1. The largest absolute Gasteiger partial charge is 0.391 e. The number of rotatable bonds is 5. The Labute approximate surface area is 133 Å². The van der Waals surface area contributed by atoms with E-state index in [9.17, 15) is 5.11 Å². The number of aliphatic hydroxyl groups excluding tert-OH is 1. The average Bonchev–Trinajstić information content (AvgIpc) is 2.42. The zero-order valence-electron chi connectivity index (χ0n) is 11.7. The minimum atomic E-state index is -0.327. The van der Waals surface area contributed by atoms with Gasteiger partial charge in [0.1, 0.15) is 0 Å². The number of hydrogen-bond acceptors (Lipinski definition) is 2. The molecule has 0 radical (unpaired) electrons. The Hall–Kier alpha value is -0.480. The van der Waals surface area contributed by atoms with Crippen molar-refractivity contribution in [3.05, 3.63) is 0 Å². The van der Waals surface area contributed by atoms with E-state index >= 15 is 0 Å². The normalized spacial score (nSPS) is 18.1. The van der Waals surface area contributed by atoms with Gasteiger partial charge in [-0.15, -0.1) is 30.4 Å². The van der Waals surface area contributed by atoms with Gasteiger partial charge in [0.25, 0.3) is 0 Å². The van der Waals surface area contributed by atoms with Gasteiger partial charge in [0.05, 0.1) is 19.2 Å². The van der Waals surface area contributed by atoms with Crippen LogP contribution in [0.1, 0.15) is 39.0 Å². The summed E-state index contributed by atoms with van der Waals surface area (Å²) < 4.78 is 0. The van der Waals surface area contributed by atoms with Crippen molar-refractivity contribution in [3.63, 3.8) is 0 Å². The molecule has 1 unspecified atom stereocenters. The number of halogens is 1. The molecule has 5 heteroatoms. The molecule has 0 heterocycles. The molecule has 1 aliphatic rings. The number of aliphatic imine (C=N–C) groups is 1. The fraction of sp³-hybridized carbons (Fsp3) is 0.786. The Balaban J connectivity index is 0.00000324. The van der Waals surface area contributed by atoms with Crippen LogP contribution in [0, 0.1) is 18.3 Å². The molecule has 4 nitrogen and oxygen atoms in total. The highest BCUT2D eigenvalue weighted by molar-refractivity contribution is 14.0. The van der Waals surface area contributed by atoms with E-state index in [0.717, 1.165) is 19.4 Å². The summed E-state index contributed by atoms with van der Waals surface area (Å²) in [6.07, 6.45) is 10.9. The number of terminal acetylenes is 1. The van der Waals surface area contributed by atoms with Gasteiger partial charge >= 0.3 is 0 Å². The Kier molecular flexibility index (Phi) is 11.1. The van der Waals surface area contributed by atoms with Crippen molar-refractivity contribution in [2.75, 3.05) is 19.6 Å². The molecule has 110 valence electrons. The van der Waals surface area contributed by atoms with Crippen molar-refractivity contribution in [2.45, 2.75) is 45.1 Å². The maximum Gasteiger partial charge on any atom is 0.192 e. The third kappa shape index (κ3) is 7.63. The summed E-state index contributed by atoms with van der Waals surface area (Å²) >= 11 is 0. The second kappa shape index (κ2) is 11.4. The van der Waals surface area contributed by atoms with Crippen LogP contribution in [0.15, 0.2) is 4.99 Å². The van der Waals surface area contributed by atoms with E-state index in [0.29, 0.717) is 25.0 Å². The first-order valence-electron chi connectivity index (χ1n) is 6.91. The Morgan fingerprint density at radius 1 is 1.37 bits per heavy atom. The molecule has 1 saturated carbocycles. The zero-order chi connectivity index (χ0) is 13.2. The van der Waals surface area contributed by atoms with Crippen LogP contribution in [-0.2, 0) is 0 Å². The Bertz CT molecular complexity index is 296. The van der Waals surface area contributed by atoms with Crippen LogP contribution in [0.4, 0.5) is 0 Å². The van der Waals surface area contributed by atoms with Crippen LogP contribution in [0.2, 0.25) is 0 Å². The molecule has 1 atom stereocenters. The molecular weight excluding hydrogens is 353 g/mol. The number of guanidine groups is 1. The number of nitrogens with one attached hydrogen (secondary N) is 2. The molecule has 3 N–H and O–H groups in total.